The lowest BCUT2D eigenvalue weighted by molar-refractivity contribution is 0.0499. The summed E-state index contributed by atoms with van der Waals surface area (Å²) in [6, 6.07) is 9.13. The molecule has 138 valence electrons. The number of imidazole rings is 1. The van der Waals surface area contributed by atoms with Crippen molar-refractivity contribution in [1.29, 1.82) is 5.26 Å². The third-order valence-electron chi connectivity index (χ3n) is 3.98. The molecule has 0 saturated heterocycles. The molecule has 2 aromatic heterocycles. The van der Waals surface area contributed by atoms with E-state index in [-0.39, 0.29) is 22.9 Å². The molecule has 0 amide bonds. The Morgan fingerprint density at radius 2 is 2.15 bits per heavy atom. The molecule has 3 aromatic rings. The van der Waals surface area contributed by atoms with Gasteiger partial charge < -0.3 is 19.4 Å². The van der Waals surface area contributed by atoms with Gasteiger partial charge >= 0.3 is 5.97 Å². The number of aliphatic hydroxyl groups excluding tert-OH is 1. The number of benzene rings is 1. The fourth-order valence-electron chi connectivity index (χ4n) is 2.63. The van der Waals surface area contributed by atoms with Gasteiger partial charge in [-0.05, 0) is 19.1 Å². The van der Waals surface area contributed by atoms with E-state index in [1.807, 2.05) is 32.0 Å². The van der Waals surface area contributed by atoms with Crippen LogP contribution in [0.1, 0.15) is 47.4 Å². The molecule has 3 rings (SSSR count). The van der Waals surface area contributed by atoms with Crippen molar-refractivity contribution in [2.75, 3.05) is 6.61 Å². The molecule has 0 spiro atoms. The summed E-state index contributed by atoms with van der Waals surface area (Å²) < 4.78 is 10.3. The van der Waals surface area contributed by atoms with Gasteiger partial charge in [-0.15, -0.1) is 0 Å². The third-order valence-corrected chi connectivity index (χ3v) is 3.98. The van der Waals surface area contributed by atoms with Crippen molar-refractivity contribution in [2.24, 2.45) is 0 Å². The van der Waals surface area contributed by atoms with Gasteiger partial charge in [-0.25, -0.2) is 9.78 Å². The summed E-state index contributed by atoms with van der Waals surface area (Å²) in [6.45, 7) is 4.89. The molecule has 0 aliphatic carbocycles. The Balaban J connectivity index is 1.82. The molecular formula is C19H18N4O4. The minimum absolute atomic E-state index is 0.0527. The fourth-order valence-corrected chi connectivity index (χ4v) is 2.63. The number of carbonyl (C=O) groups is 1. The summed E-state index contributed by atoms with van der Waals surface area (Å²) in [5.41, 5.74) is 1.94. The van der Waals surface area contributed by atoms with Gasteiger partial charge in [0, 0.05) is 5.92 Å². The Labute approximate surface area is 155 Å². The lowest BCUT2D eigenvalue weighted by atomic mass is 10.1. The van der Waals surface area contributed by atoms with Crippen LogP contribution in [0.2, 0.25) is 0 Å². The van der Waals surface area contributed by atoms with Gasteiger partial charge in [-0.2, -0.15) is 5.26 Å². The van der Waals surface area contributed by atoms with E-state index in [4.69, 9.17) is 9.26 Å². The van der Waals surface area contributed by atoms with Gasteiger partial charge in [0.05, 0.1) is 16.7 Å². The molecule has 0 fully saturated rings. The highest BCUT2D eigenvalue weighted by molar-refractivity contribution is 5.92. The highest BCUT2D eigenvalue weighted by atomic mass is 16.5. The second-order valence-corrected chi connectivity index (χ2v) is 6.27. The smallest absolute Gasteiger partial charge is 0.344 e. The highest BCUT2D eigenvalue weighted by Gasteiger charge is 2.24. The van der Waals surface area contributed by atoms with Crippen molar-refractivity contribution in [2.45, 2.75) is 26.7 Å². The van der Waals surface area contributed by atoms with E-state index in [0.29, 0.717) is 17.0 Å². The quantitative estimate of drug-likeness (QED) is 0.401. The van der Waals surface area contributed by atoms with Crippen molar-refractivity contribution in [3.8, 4) is 6.07 Å². The zero-order valence-corrected chi connectivity index (χ0v) is 15.1. The van der Waals surface area contributed by atoms with Gasteiger partial charge in [0.15, 0.2) is 17.3 Å². The van der Waals surface area contributed by atoms with Crippen LogP contribution < -0.4 is 0 Å². The van der Waals surface area contributed by atoms with Crippen LogP contribution in [-0.4, -0.2) is 32.8 Å². The molecule has 0 atom stereocenters. The molecule has 2 heterocycles. The average Bonchev–Trinajstić information content (AvgIpc) is 3.23. The molecule has 0 aliphatic rings. The van der Waals surface area contributed by atoms with Gasteiger partial charge in [0.2, 0.25) is 0 Å². The first-order valence-corrected chi connectivity index (χ1v) is 8.33. The largest absolute Gasteiger partial charge is 0.507 e. The number of nitriles is 1. The summed E-state index contributed by atoms with van der Waals surface area (Å²) in [7, 11) is 0. The van der Waals surface area contributed by atoms with Crippen molar-refractivity contribution in [1.82, 2.24) is 15.1 Å². The molecule has 0 saturated carbocycles. The van der Waals surface area contributed by atoms with E-state index in [2.05, 4.69) is 15.1 Å². The Morgan fingerprint density at radius 1 is 1.41 bits per heavy atom. The second kappa shape index (κ2) is 7.33. The first-order valence-electron chi connectivity index (χ1n) is 8.33. The monoisotopic (exact) mass is 366 g/mol. The number of aryl methyl sites for hydroxylation is 1. The number of hydrogen-bond donors (Lipinski definition) is 2. The van der Waals surface area contributed by atoms with Crippen LogP contribution >= 0.6 is 0 Å². The number of nitrogens with one attached hydrogen (secondary N) is 1. The summed E-state index contributed by atoms with van der Waals surface area (Å²) >= 11 is 0. The van der Waals surface area contributed by atoms with Crippen molar-refractivity contribution < 1.29 is 19.2 Å². The number of esters is 1. The lowest BCUT2D eigenvalue weighted by Crippen LogP contribution is -2.12. The van der Waals surface area contributed by atoms with Crippen molar-refractivity contribution >= 4 is 22.6 Å². The Bertz CT molecular complexity index is 1040. The Hall–Kier alpha value is -3.60. The van der Waals surface area contributed by atoms with Crippen LogP contribution in [0, 0.1) is 18.3 Å². The predicted molar refractivity (Wildman–Crippen MR) is 96.9 cm³/mol. The number of allylic oxidation sites excluding steroid dienone is 1. The van der Waals surface area contributed by atoms with E-state index in [1.165, 1.54) is 0 Å². The Morgan fingerprint density at radius 3 is 2.81 bits per heavy atom. The number of rotatable bonds is 5. The number of aromatic nitrogens is 3. The number of nitrogens with zero attached hydrogens (tertiary/aromatic N) is 3. The molecule has 8 heteroatoms. The first-order chi connectivity index (χ1) is 12.9. The topological polar surface area (TPSA) is 125 Å². The van der Waals surface area contributed by atoms with Crippen LogP contribution in [0.25, 0.3) is 16.6 Å². The van der Waals surface area contributed by atoms with E-state index < -0.39 is 18.3 Å². The minimum Gasteiger partial charge on any atom is -0.507 e. The molecule has 0 bridgehead atoms. The zero-order chi connectivity index (χ0) is 19.6. The number of para-hydroxylation sites is 2. The molecule has 0 aliphatic heterocycles. The normalized spacial score (nSPS) is 12.1. The number of carbonyl (C=O) groups excluding carboxylic acids is 1. The summed E-state index contributed by atoms with van der Waals surface area (Å²) in [5.74, 6) is -0.505. The maximum atomic E-state index is 12.4. The SMILES string of the molecule is Cc1noc(C(C)C)c1C(=O)OC/C(O)=C(\C#N)c1nc2ccccc2[nH]1. The lowest BCUT2D eigenvalue weighted by Gasteiger charge is -2.07. The summed E-state index contributed by atoms with van der Waals surface area (Å²) in [6.07, 6.45) is 0. The van der Waals surface area contributed by atoms with E-state index in [0.717, 1.165) is 5.52 Å². The average molecular weight is 366 g/mol. The fraction of sp³-hybridized carbons (Fsp3) is 0.263. The molecule has 8 nitrogen and oxygen atoms in total. The molecular weight excluding hydrogens is 348 g/mol. The Kier molecular flexibility index (Phi) is 4.94. The van der Waals surface area contributed by atoms with Crippen LogP contribution in [0.4, 0.5) is 0 Å². The van der Waals surface area contributed by atoms with E-state index >= 15 is 0 Å². The van der Waals surface area contributed by atoms with E-state index in [1.54, 1.807) is 19.1 Å². The number of fused-ring (bicyclic) bond motifs is 1. The van der Waals surface area contributed by atoms with Crippen molar-refractivity contribution in [3.63, 3.8) is 0 Å². The molecule has 0 unspecified atom stereocenters. The summed E-state index contributed by atoms with van der Waals surface area (Å²) in [5, 5.41) is 23.4. The zero-order valence-electron chi connectivity index (χ0n) is 15.1. The standard InChI is InChI=1S/C19H18N4O4/c1-10(2)17-16(11(3)23-27-17)19(25)26-9-15(24)12(8-20)18-21-13-6-4-5-7-14(13)22-18/h4-7,10,24H,9H2,1-3H3,(H,21,22)/b15-12-. The van der Waals surface area contributed by atoms with E-state index in [9.17, 15) is 15.2 Å². The third kappa shape index (κ3) is 3.53. The molecule has 27 heavy (non-hydrogen) atoms. The van der Waals surface area contributed by atoms with Gasteiger partial charge in [-0.3, -0.25) is 0 Å². The number of aliphatic hydroxyl groups is 1. The van der Waals surface area contributed by atoms with Crippen LogP contribution in [-0.2, 0) is 4.74 Å². The summed E-state index contributed by atoms with van der Waals surface area (Å²) in [4.78, 5) is 19.6. The van der Waals surface area contributed by atoms with Gasteiger partial charge in [0.1, 0.15) is 23.8 Å². The minimum atomic E-state index is -0.675. The maximum Gasteiger partial charge on any atom is 0.344 e. The number of aromatic amines is 1. The second-order valence-electron chi connectivity index (χ2n) is 6.27. The predicted octanol–water partition coefficient (Wildman–Crippen LogP) is 3.63. The molecule has 1 aromatic carbocycles. The number of hydrogen-bond acceptors (Lipinski definition) is 7. The van der Waals surface area contributed by atoms with Crippen molar-refractivity contribution in [3.05, 3.63) is 52.9 Å². The van der Waals surface area contributed by atoms with Gasteiger partial charge in [-0.1, -0.05) is 31.1 Å². The van der Waals surface area contributed by atoms with Crippen LogP contribution in [0.5, 0.6) is 0 Å². The molecule has 2 N–H and O–H groups in total. The van der Waals surface area contributed by atoms with Gasteiger partial charge in [0.25, 0.3) is 0 Å². The number of ether oxygens (including phenoxy) is 1. The highest BCUT2D eigenvalue weighted by Crippen LogP contribution is 2.24. The number of H-pyrrole nitrogens is 1. The first kappa shape index (κ1) is 18.2. The maximum absolute atomic E-state index is 12.4. The van der Waals surface area contributed by atoms with Crippen LogP contribution in [0.3, 0.4) is 0 Å². The molecule has 0 radical (unpaired) electrons. The van der Waals surface area contributed by atoms with Crippen LogP contribution in [0.15, 0.2) is 34.5 Å².